The Morgan fingerprint density at radius 1 is 1.24 bits per heavy atom. The molecule has 0 saturated carbocycles. The van der Waals surface area contributed by atoms with Gasteiger partial charge in [-0.05, 0) is 12.1 Å². The number of hydrogen-bond acceptors (Lipinski definition) is 4. The van der Waals surface area contributed by atoms with E-state index in [0.717, 1.165) is 11.0 Å². The first-order valence-corrected chi connectivity index (χ1v) is 6.24. The molecule has 104 valence electrons. The number of fused-ring (bicyclic) bond motifs is 1. The molecule has 2 aromatic carbocycles. The lowest BCUT2D eigenvalue weighted by Crippen LogP contribution is -1.90. The Labute approximate surface area is 119 Å². The van der Waals surface area contributed by atoms with Crippen molar-refractivity contribution in [2.24, 2.45) is 0 Å². The van der Waals surface area contributed by atoms with Crippen molar-refractivity contribution in [2.75, 3.05) is 0 Å². The molecule has 0 saturated heterocycles. The van der Waals surface area contributed by atoms with Gasteiger partial charge in [-0.15, -0.1) is 0 Å². The number of H-pyrrole nitrogens is 1. The molecule has 0 amide bonds. The predicted molar refractivity (Wildman–Crippen MR) is 79.7 cm³/mol. The van der Waals surface area contributed by atoms with E-state index in [1.165, 1.54) is 24.3 Å². The summed E-state index contributed by atoms with van der Waals surface area (Å²) in [5.74, 6) is 0.401. The fraction of sp³-hybridized carbons (Fsp3) is 0. The van der Waals surface area contributed by atoms with Crippen LogP contribution < -0.4 is 0 Å². The minimum Gasteiger partial charge on any atom is -0.507 e. The molecular weight excluding hydrogens is 270 g/mol. The van der Waals surface area contributed by atoms with Crippen LogP contribution >= 0.6 is 0 Å². The number of benzene rings is 2. The van der Waals surface area contributed by atoms with E-state index in [-0.39, 0.29) is 11.4 Å². The molecule has 0 spiro atoms. The van der Waals surface area contributed by atoms with E-state index >= 15 is 0 Å². The van der Waals surface area contributed by atoms with E-state index in [2.05, 4.69) is 9.97 Å². The second-order valence-electron chi connectivity index (χ2n) is 4.48. The molecule has 1 aromatic heterocycles. The monoisotopic (exact) mass is 281 g/mol. The lowest BCUT2D eigenvalue weighted by Gasteiger charge is -1.99. The Bertz CT molecular complexity index is 819. The summed E-state index contributed by atoms with van der Waals surface area (Å²) in [5, 5.41) is 20.8. The first-order chi connectivity index (χ1) is 10.1. The highest BCUT2D eigenvalue weighted by Crippen LogP contribution is 2.20. The van der Waals surface area contributed by atoms with Gasteiger partial charge in [-0.2, -0.15) is 0 Å². The number of nitro groups is 1. The van der Waals surface area contributed by atoms with Crippen LogP contribution in [0.1, 0.15) is 11.4 Å². The van der Waals surface area contributed by atoms with E-state index in [1.54, 1.807) is 6.07 Å². The van der Waals surface area contributed by atoms with E-state index in [4.69, 9.17) is 0 Å². The second-order valence-corrected chi connectivity index (χ2v) is 4.48. The number of imidazole rings is 1. The first kappa shape index (κ1) is 12.9. The van der Waals surface area contributed by atoms with E-state index in [0.29, 0.717) is 11.4 Å². The Balaban J connectivity index is 1.98. The van der Waals surface area contributed by atoms with Crippen LogP contribution in [0.2, 0.25) is 0 Å². The van der Waals surface area contributed by atoms with Crippen LogP contribution in [-0.4, -0.2) is 20.0 Å². The Hall–Kier alpha value is -3.15. The van der Waals surface area contributed by atoms with Gasteiger partial charge in [0.15, 0.2) is 0 Å². The number of aromatic amines is 1. The molecule has 0 unspecified atom stereocenters. The summed E-state index contributed by atoms with van der Waals surface area (Å²) in [6, 6.07) is 13.3. The van der Waals surface area contributed by atoms with Crippen LogP contribution in [-0.2, 0) is 0 Å². The number of aliphatic hydroxyl groups is 1. The minimum absolute atomic E-state index is 0.0722. The van der Waals surface area contributed by atoms with E-state index < -0.39 is 4.92 Å². The molecule has 21 heavy (non-hydrogen) atoms. The van der Waals surface area contributed by atoms with Gasteiger partial charge in [0, 0.05) is 23.8 Å². The lowest BCUT2D eigenvalue weighted by molar-refractivity contribution is -0.384. The Morgan fingerprint density at radius 3 is 2.81 bits per heavy atom. The van der Waals surface area contributed by atoms with Crippen molar-refractivity contribution in [3.05, 3.63) is 70.0 Å². The number of aliphatic hydroxyl groups excluding tert-OH is 1. The maximum Gasteiger partial charge on any atom is 0.270 e. The number of rotatable bonds is 3. The van der Waals surface area contributed by atoms with Crippen LogP contribution in [0.25, 0.3) is 22.9 Å². The number of nitro benzene ring substituents is 1. The van der Waals surface area contributed by atoms with Crippen LogP contribution in [0, 0.1) is 10.1 Å². The smallest absolute Gasteiger partial charge is 0.270 e. The number of nitrogens with one attached hydrogen (secondary N) is 1. The highest BCUT2D eigenvalue weighted by molar-refractivity contribution is 5.81. The fourth-order valence-electron chi connectivity index (χ4n) is 2.03. The zero-order valence-corrected chi connectivity index (χ0v) is 10.9. The molecule has 6 heteroatoms. The summed E-state index contributed by atoms with van der Waals surface area (Å²) in [4.78, 5) is 17.6. The highest BCUT2D eigenvalue weighted by Gasteiger charge is 2.09. The summed E-state index contributed by atoms with van der Waals surface area (Å²) in [6.45, 7) is 0. The van der Waals surface area contributed by atoms with E-state index in [9.17, 15) is 15.2 Å². The van der Waals surface area contributed by atoms with Gasteiger partial charge in [-0.25, -0.2) is 4.98 Å². The summed E-state index contributed by atoms with van der Waals surface area (Å²) in [7, 11) is 0. The standard InChI is InChI=1S/C15H11N3O3/c19-14(10-4-3-5-11(8-10)18(20)21)9-15-16-12-6-1-2-7-13(12)17-15/h1-9,19H,(H,16,17)/b14-9-. The molecule has 0 aliphatic rings. The molecule has 2 N–H and O–H groups in total. The molecule has 3 rings (SSSR count). The van der Waals surface area contributed by atoms with Crippen molar-refractivity contribution in [3.63, 3.8) is 0 Å². The molecule has 1 heterocycles. The number of aromatic nitrogens is 2. The quantitative estimate of drug-likeness (QED) is 0.436. The van der Waals surface area contributed by atoms with Crippen LogP contribution in [0.15, 0.2) is 48.5 Å². The maximum absolute atomic E-state index is 10.7. The van der Waals surface area contributed by atoms with Gasteiger partial charge in [0.2, 0.25) is 0 Å². The van der Waals surface area contributed by atoms with Gasteiger partial charge >= 0.3 is 0 Å². The predicted octanol–water partition coefficient (Wildman–Crippen LogP) is 3.53. The zero-order chi connectivity index (χ0) is 14.8. The van der Waals surface area contributed by atoms with Crippen molar-refractivity contribution in [1.29, 1.82) is 0 Å². The Morgan fingerprint density at radius 2 is 2.05 bits per heavy atom. The van der Waals surface area contributed by atoms with Crippen molar-refractivity contribution >= 4 is 28.6 Å². The molecule has 0 aliphatic heterocycles. The maximum atomic E-state index is 10.7. The Kier molecular flexibility index (Phi) is 3.12. The fourth-order valence-corrected chi connectivity index (χ4v) is 2.03. The van der Waals surface area contributed by atoms with Gasteiger partial charge in [-0.3, -0.25) is 10.1 Å². The van der Waals surface area contributed by atoms with Gasteiger partial charge < -0.3 is 10.1 Å². The van der Waals surface area contributed by atoms with Crippen molar-refractivity contribution < 1.29 is 10.0 Å². The van der Waals surface area contributed by atoms with Gasteiger partial charge in [-0.1, -0.05) is 24.3 Å². The summed E-state index contributed by atoms with van der Waals surface area (Å²) in [6.07, 6.45) is 1.44. The van der Waals surface area contributed by atoms with Gasteiger partial charge in [0.05, 0.1) is 16.0 Å². The zero-order valence-electron chi connectivity index (χ0n) is 10.9. The second kappa shape index (κ2) is 5.09. The summed E-state index contributed by atoms with van der Waals surface area (Å²) >= 11 is 0. The van der Waals surface area contributed by atoms with Crippen LogP contribution in [0.3, 0.4) is 0 Å². The largest absolute Gasteiger partial charge is 0.507 e. The average Bonchev–Trinajstić information content (AvgIpc) is 2.89. The third-order valence-corrected chi connectivity index (χ3v) is 3.03. The van der Waals surface area contributed by atoms with Crippen molar-refractivity contribution in [2.45, 2.75) is 0 Å². The molecule has 3 aromatic rings. The number of non-ortho nitro benzene ring substituents is 1. The van der Waals surface area contributed by atoms with Crippen LogP contribution in [0.5, 0.6) is 0 Å². The third-order valence-electron chi connectivity index (χ3n) is 3.03. The normalized spacial score (nSPS) is 11.7. The SMILES string of the molecule is O=[N+]([O-])c1cccc(/C(O)=C/c2nc3ccccc3[nH]2)c1. The highest BCUT2D eigenvalue weighted by atomic mass is 16.6. The molecular formula is C15H11N3O3. The van der Waals surface area contributed by atoms with Crippen molar-refractivity contribution in [1.82, 2.24) is 9.97 Å². The third kappa shape index (κ3) is 2.59. The first-order valence-electron chi connectivity index (χ1n) is 6.24. The van der Waals surface area contributed by atoms with Gasteiger partial charge in [0.25, 0.3) is 5.69 Å². The number of hydrogen-bond donors (Lipinski definition) is 2. The van der Waals surface area contributed by atoms with Gasteiger partial charge in [0.1, 0.15) is 11.6 Å². The summed E-state index contributed by atoms with van der Waals surface area (Å²) in [5.41, 5.74) is 1.94. The molecule has 0 aliphatic carbocycles. The minimum atomic E-state index is -0.502. The molecule has 0 bridgehead atoms. The topological polar surface area (TPSA) is 92.1 Å². The number of para-hydroxylation sites is 2. The molecule has 6 nitrogen and oxygen atoms in total. The van der Waals surface area contributed by atoms with Crippen molar-refractivity contribution in [3.8, 4) is 0 Å². The van der Waals surface area contributed by atoms with Crippen LogP contribution in [0.4, 0.5) is 5.69 Å². The molecule has 0 radical (unpaired) electrons. The molecule has 0 fully saturated rings. The number of nitrogens with zero attached hydrogens (tertiary/aromatic N) is 2. The summed E-state index contributed by atoms with van der Waals surface area (Å²) < 4.78 is 0. The average molecular weight is 281 g/mol. The van der Waals surface area contributed by atoms with E-state index in [1.807, 2.05) is 24.3 Å². The molecule has 0 atom stereocenters. The lowest BCUT2D eigenvalue weighted by atomic mass is 10.1.